The van der Waals surface area contributed by atoms with Gasteiger partial charge in [-0.05, 0) is 6.07 Å². The maximum atomic E-state index is 14.6. The van der Waals surface area contributed by atoms with Gasteiger partial charge in [0.25, 0.3) is 11.8 Å². The number of rotatable bonds is 5. The lowest BCUT2D eigenvalue weighted by Gasteiger charge is -2.39. The van der Waals surface area contributed by atoms with Crippen LogP contribution in [0, 0.1) is 11.6 Å². The first-order valence-corrected chi connectivity index (χ1v) is 8.58. The monoisotopic (exact) mass is 429 g/mol. The Balaban J connectivity index is 2.03. The summed E-state index contributed by atoms with van der Waals surface area (Å²) in [6.45, 7) is -1.83. The molecule has 0 bridgehead atoms. The molecule has 0 fully saturated rings. The van der Waals surface area contributed by atoms with E-state index in [2.05, 4.69) is 20.3 Å². The quantitative estimate of drug-likeness (QED) is 0.712. The van der Waals surface area contributed by atoms with E-state index in [1.807, 2.05) is 0 Å². The van der Waals surface area contributed by atoms with Crippen molar-refractivity contribution in [3.05, 3.63) is 47.4 Å². The number of methoxy groups -OCH3 is 1. The highest BCUT2D eigenvalue weighted by atomic mass is 19.3. The van der Waals surface area contributed by atoms with E-state index < -0.39 is 53.3 Å². The molecule has 2 aromatic rings. The summed E-state index contributed by atoms with van der Waals surface area (Å²) in [5, 5.41) is 2.19. The number of aromatic nitrogens is 2. The molecular weight excluding hydrogens is 413 g/mol. The van der Waals surface area contributed by atoms with Crippen molar-refractivity contribution >= 4 is 17.4 Å². The Morgan fingerprint density at radius 3 is 2.60 bits per heavy atom. The SMILES string of the molecule is COc1cnc(C(=O)Nc2cc(F)c(F)c([C@@]3(CF)N=C(N)CCC3(F)F)c2)cn1. The van der Waals surface area contributed by atoms with Crippen molar-refractivity contribution in [2.24, 2.45) is 10.7 Å². The Morgan fingerprint density at radius 2 is 2.00 bits per heavy atom. The molecule has 3 rings (SSSR count). The molecule has 0 radical (unpaired) electrons. The van der Waals surface area contributed by atoms with Crippen LogP contribution in [0.2, 0.25) is 0 Å². The van der Waals surface area contributed by atoms with Gasteiger partial charge in [0.05, 0.1) is 25.3 Å². The zero-order valence-electron chi connectivity index (χ0n) is 15.6. The molecule has 1 aliphatic rings. The van der Waals surface area contributed by atoms with Crippen molar-refractivity contribution in [2.75, 3.05) is 19.1 Å². The average Bonchev–Trinajstić information content (AvgIpc) is 2.72. The molecule has 7 nitrogen and oxygen atoms in total. The van der Waals surface area contributed by atoms with Crippen LogP contribution in [0.15, 0.2) is 29.5 Å². The number of carbonyl (C=O) groups excluding carboxylic acids is 1. The number of alkyl halides is 3. The van der Waals surface area contributed by atoms with Crippen molar-refractivity contribution in [1.82, 2.24) is 9.97 Å². The van der Waals surface area contributed by atoms with Crippen molar-refractivity contribution in [2.45, 2.75) is 24.3 Å². The van der Waals surface area contributed by atoms with Crippen LogP contribution in [-0.4, -0.2) is 41.4 Å². The molecule has 0 aliphatic carbocycles. The third kappa shape index (κ3) is 3.64. The number of hydrogen-bond acceptors (Lipinski definition) is 6. The van der Waals surface area contributed by atoms with E-state index >= 15 is 0 Å². The maximum Gasteiger partial charge on any atom is 0.280 e. The van der Waals surface area contributed by atoms with E-state index in [-0.39, 0.29) is 23.8 Å². The topological polar surface area (TPSA) is 102 Å². The van der Waals surface area contributed by atoms with Gasteiger partial charge in [-0.1, -0.05) is 0 Å². The Bertz CT molecular complexity index is 999. The first-order valence-electron chi connectivity index (χ1n) is 8.58. The minimum atomic E-state index is -3.85. The molecule has 12 heteroatoms. The van der Waals surface area contributed by atoms with Gasteiger partial charge in [0, 0.05) is 30.2 Å². The number of nitrogens with one attached hydrogen (secondary N) is 1. The fourth-order valence-electron chi connectivity index (χ4n) is 3.03. The van der Waals surface area contributed by atoms with Crippen molar-refractivity contribution in [1.29, 1.82) is 0 Å². The Morgan fingerprint density at radius 1 is 1.27 bits per heavy atom. The zero-order chi connectivity index (χ0) is 22.1. The number of amides is 1. The second-order valence-corrected chi connectivity index (χ2v) is 6.52. The molecule has 1 amide bonds. The van der Waals surface area contributed by atoms with Gasteiger partial charge in [-0.3, -0.25) is 9.79 Å². The summed E-state index contributed by atoms with van der Waals surface area (Å²) in [5.41, 5.74) is 0.750. The van der Waals surface area contributed by atoms with Crippen LogP contribution >= 0.6 is 0 Å². The standard InChI is InChI=1S/C18H16F5N5O2/c1-30-14-7-25-12(6-26-14)16(29)27-9-4-10(15(21)11(20)5-9)17(8-19)18(22,23)3-2-13(24)28-17/h4-7H,2-3,8H2,1H3,(H2,24,28)(H,27,29)/t17-/m1/s1. The van der Waals surface area contributed by atoms with Crippen LogP contribution in [0.25, 0.3) is 0 Å². The molecule has 1 aromatic carbocycles. The Kier molecular flexibility index (Phi) is 5.59. The summed E-state index contributed by atoms with van der Waals surface area (Å²) in [7, 11) is 1.34. The van der Waals surface area contributed by atoms with E-state index in [4.69, 9.17) is 10.5 Å². The number of carbonyl (C=O) groups is 1. The zero-order valence-corrected chi connectivity index (χ0v) is 15.6. The lowest BCUT2D eigenvalue weighted by Crippen LogP contribution is -2.51. The molecule has 0 saturated heterocycles. The van der Waals surface area contributed by atoms with Gasteiger partial charge < -0.3 is 15.8 Å². The highest BCUT2D eigenvalue weighted by molar-refractivity contribution is 6.02. The predicted molar refractivity (Wildman–Crippen MR) is 96.4 cm³/mol. The molecule has 2 heterocycles. The second-order valence-electron chi connectivity index (χ2n) is 6.52. The number of hydrogen-bond donors (Lipinski definition) is 2. The third-order valence-electron chi connectivity index (χ3n) is 4.63. The fourth-order valence-corrected chi connectivity index (χ4v) is 3.03. The predicted octanol–water partition coefficient (Wildman–Crippen LogP) is 2.97. The molecule has 0 unspecified atom stereocenters. The normalized spacial score (nSPS) is 20.4. The lowest BCUT2D eigenvalue weighted by molar-refractivity contribution is -0.0960. The van der Waals surface area contributed by atoms with Crippen molar-refractivity contribution in [3.63, 3.8) is 0 Å². The molecule has 160 valence electrons. The number of ether oxygens (including phenoxy) is 1. The summed E-state index contributed by atoms with van der Waals surface area (Å²) >= 11 is 0. The van der Waals surface area contributed by atoms with Gasteiger partial charge in [-0.2, -0.15) is 0 Å². The summed E-state index contributed by atoms with van der Waals surface area (Å²) < 4.78 is 76.6. The van der Waals surface area contributed by atoms with Crippen molar-refractivity contribution < 1.29 is 31.5 Å². The maximum absolute atomic E-state index is 14.6. The molecular formula is C18H16F5N5O2. The van der Waals surface area contributed by atoms with Crippen LogP contribution in [0.4, 0.5) is 27.6 Å². The minimum absolute atomic E-state index is 0.126. The van der Waals surface area contributed by atoms with Crippen LogP contribution < -0.4 is 15.8 Å². The highest BCUT2D eigenvalue weighted by Crippen LogP contribution is 2.48. The summed E-state index contributed by atoms with van der Waals surface area (Å²) in [5.74, 6) is -8.22. The molecule has 30 heavy (non-hydrogen) atoms. The smallest absolute Gasteiger partial charge is 0.280 e. The van der Waals surface area contributed by atoms with Gasteiger partial charge in [0.1, 0.15) is 12.4 Å². The third-order valence-corrected chi connectivity index (χ3v) is 4.63. The van der Waals surface area contributed by atoms with Gasteiger partial charge >= 0.3 is 0 Å². The van der Waals surface area contributed by atoms with Crippen LogP contribution in [0.3, 0.4) is 0 Å². The highest BCUT2D eigenvalue weighted by Gasteiger charge is 2.58. The van der Waals surface area contributed by atoms with Crippen LogP contribution in [0.5, 0.6) is 5.88 Å². The molecule has 0 saturated carbocycles. The number of benzene rings is 1. The number of anilines is 1. The van der Waals surface area contributed by atoms with Crippen LogP contribution in [-0.2, 0) is 5.54 Å². The number of halogens is 5. The number of nitrogens with zero attached hydrogens (tertiary/aromatic N) is 3. The van der Waals surface area contributed by atoms with E-state index in [1.54, 1.807) is 0 Å². The first-order chi connectivity index (χ1) is 14.1. The molecule has 0 spiro atoms. The van der Waals surface area contributed by atoms with E-state index in [9.17, 15) is 26.7 Å². The number of aliphatic imine (C=N–C) groups is 1. The molecule has 1 aromatic heterocycles. The number of amidine groups is 1. The summed E-state index contributed by atoms with van der Waals surface area (Å²) in [6.07, 6.45) is 0.971. The molecule has 1 atom stereocenters. The molecule has 1 aliphatic heterocycles. The average molecular weight is 429 g/mol. The van der Waals surface area contributed by atoms with E-state index in [0.717, 1.165) is 12.4 Å². The largest absolute Gasteiger partial charge is 0.480 e. The second kappa shape index (κ2) is 7.84. The fraction of sp³-hybridized carbons (Fsp3) is 0.333. The van der Waals surface area contributed by atoms with Gasteiger partial charge in [0.15, 0.2) is 17.2 Å². The minimum Gasteiger partial charge on any atom is -0.480 e. The Labute approximate surface area is 167 Å². The Hall–Kier alpha value is -3.31. The van der Waals surface area contributed by atoms with Gasteiger partial charge in [-0.15, -0.1) is 0 Å². The van der Waals surface area contributed by atoms with Crippen molar-refractivity contribution in [3.8, 4) is 5.88 Å². The lowest BCUT2D eigenvalue weighted by atomic mass is 9.80. The molecule has 3 N–H and O–H groups in total. The van der Waals surface area contributed by atoms with Gasteiger partial charge in [0.2, 0.25) is 5.88 Å². The van der Waals surface area contributed by atoms with E-state index in [1.165, 1.54) is 7.11 Å². The van der Waals surface area contributed by atoms with E-state index in [0.29, 0.717) is 12.1 Å². The number of nitrogens with two attached hydrogens (primary N) is 1. The van der Waals surface area contributed by atoms with Crippen LogP contribution in [0.1, 0.15) is 28.9 Å². The van der Waals surface area contributed by atoms with Gasteiger partial charge in [-0.25, -0.2) is 31.9 Å². The first kappa shape index (κ1) is 21.4. The summed E-state index contributed by atoms with van der Waals surface area (Å²) in [4.78, 5) is 23.3. The summed E-state index contributed by atoms with van der Waals surface area (Å²) in [6, 6.07) is 1.26.